The van der Waals surface area contributed by atoms with Gasteiger partial charge in [-0.05, 0) is 20.8 Å². The SMILES string of the molecule is CC1O[SiH2]OC1(C)C. The Bertz CT molecular complexity index is 92.4. The fourth-order valence-electron chi connectivity index (χ4n) is 0.606. The van der Waals surface area contributed by atoms with Crippen molar-refractivity contribution in [3.63, 3.8) is 0 Å². The van der Waals surface area contributed by atoms with E-state index in [2.05, 4.69) is 20.8 Å². The molecule has 1 fully saturated rings. The summed E-state index contributed by atoms with van der Waals surface area (Å²) in [7, 11) is -0.608. The Hall–Kier alpha value is 0.137. The van der Waals surface area contributed by atoms with Gasteiger partial charge in [0.25, 0.3) is 0 Å². The standard InChI is InChI=1S/C5H12O2Si/c1-4-5(2,3)7-8-6-4/h4H,8H2,1-3H3. The van der Waals surface area contributed by atoms with Gasteiger partial charge in [0.1, 0.15) is 0 Å². The lowest BCUT2D eigenvalue weighted by Crippen LogP contribution is -2.29. The fraction of sp³-hybridized carbons (Fsp3) is 1.00. The first kappa shape index (κ1) is 6.26. The van der Waals surface area contributed by atoms with Crippen molar-refractivity contribution in [1.29, 1.82) is 0 Å². The summed E-state index contributed by atoms with van der Waals surface area (Å²) in [6.07, 6.45) is 0.300. The zero-order valence-corrected chi connectivity index (χ0v) is 7.02. The van der Waals surface area contributed by atoms with Crippen LogP contribution in [-0.4, -0.2) is 21.7 Å². The Kier molecular flexibility index (Phi) is 1.43. The van der Waals surface area contributed by atoms with Crippen LogP contribution >= 0.6 is 0 Å². The predicted octanol–water partition coefficient (Wildman–Crippen LogP) is 0.199. The van der Waals surface area contributed by atoms with Gasteiger partial charge in [-0.25, -0.2) is 0 Å². The van der Waals surface area contributed by atoms with Crippen molar-refractivity contribution in [3.8, 4) is 0 Å². The molecule has 1 aliphatic heterocycles. The predicted molar refractivity (Wildman–Crippen MR) is 34.3 cm³/mol. The third kappa shape index (κ3) is 0.938. The zero-order chi connectivity index (χ0) is 6.20. The van der Waals surface area contributed by atoms with Gasteiger partial charge >= 0.3 is 10.0 Å². The second-order valence-electron chi connectivity index (χ2n) is 2.67. The van der Waals surface area contributed by atoms with Crippen LogP contribution in [0, 0.1) is 0 Å². The summed E-state index contributed by atoms with van der Waals surface area (Å²) in [5.74, 6) is 0. The van der Waals surface area contributed by atoms with Crippen LogP contribution in [0.2, 0.25) is 0 Å². The molecule has 1 unspecified atom stereocenters. The Balaban J connectivity index is 2.54. The monoisotopic (exact) mass is 132 g/mol. The smallest absolute Gasteiger partial charge is 0.305 e. The van der Waals surface area contributed by atoms with E-state index >= 15 is 0 Å². The molecular formula is C5H12O2Si. The van der Waals surface area contributed by atoms with Crippen molar-refractivity contribution in [3.05, 3.63) is 0 Å². The highest BCUT2D eigenvalue weighted by molar-refractivity contribution is 6.19. The van der Waals surface area contributed by atoms with Crippen molar-refractivity contribution < 1.29 is 8.85 Å². The second kappa shape index (κ2) is 1.82. The number of hydrogen-bond donors (Lipinski definition) is 0. The second-order valence-corrected chi connectivity index (χ2v) is 3.53. The van der Waals surface area contributed by atoms with Gasteiger partial charge in [-0.15, -0.1) is 0 Å². The van der Waals surface area contributed by atoms with Gasteiger partial charge in [0, 0.05) is 0 Å². The molecule has 0 amide bonds. The third-order valence-corrected chi connectivity index (χ3v) is 3.23. The van der Waals surface area contributed by atoms with Crippen molar-refractivity contribution in [2.24, 2.45) is 0 Å². The summed E-state index contributed by atoms with van der Waals surface area (Å²) in [4.78, 5) is 0. The summed E-state index contributed by atoms with van der Waals surface area (Å²) in [5.41, 5.74) is -0.00772. The van der Waals surface area contributed by atoms with Crippen LogP contribution in [0.5, 0.6) is 0 Å². The van der Waals surface area contributed by atoms with E-state index in [4.69, 9.17) is 8.85 Å². The maximum atomic E-state index is 5.37. The minimum Gasteiger partial charge on any atom is -0.393 e. The Morgan fingerprint density at radius 2 is 2.12 bits per heavy atom. The highest BCUT2D eigenvalue weighted by atomic mass is 28.3. The molecule has 1 heterocycles. The van der Waals surface area contributed by atoms with Crippen molar-refractivity contribution in [2.45, 2.75) is 32.5 Å². The molecule has 0 N–H and O–H groups in total. The average molecular weight is 132 g/mol. The van der Waals surface area contributed by atoms with Crippen LogP contribution in [0.4, 0.5) is 0 Å². The van der Waals surface area contributed by atoms with E-state index < -0.39 is 10.0 Å². The molecule has 0 aromatic rings. The van der Waals surface area contributed by atoms with Crippen LogP contribution < -0.4 is 0 Å². The van der Waals surface area contributed by atoms with Gasteiger partial charge in [0.15, 0.2) is 0 Å². The highest BCUT2D eigenvalue weighted by Gasteiger charge is 2.32. The third-order valence-electron chi connectivity index (χ3n) is 1.73. The van der Waals surface area contributed by atoms with Gasteiger partial charge in [-0.2, -0.15) is 0 Å². The van der Waals surface area contributed by atoms with E-state index in [1.54, 1.807) is 0 Å². The molecule has 0 aliphatic carbocycles. The van der Waals surface area contributed by atoms with Crippen LogP contribution in [0.25, 0.3) is 0 Å². The minimum atomic E-state index is -0.608. The molecule has 0 aromatic heterocycles. The average Bonchev–Trinajstić information content (AvgIpc) is 1.86. The van der Waals surface area contributed by atoms with Gasteiger partial charge in [0.2, 0.25) is 0 Å². The number of hydrogen-bond acceptors (Lipinski definition) is 2. The molecule has 0 radical (unpaired) electrons. The largest absolute Gasteiger partial charge is 0.393 e. The molecule has 1 saturated heterocycles. The highest BCUT2D eigenvalue weighted by Crippen LogP contribution is 2.21. The van der Waals surface area contributed by atoms with Crippen LogP contribution in [0.15, 0.2) is 0 Å². The van der Waals surface area contributed by atoms with E-state index in [0.29, 0.717) is 6.10 Å². The summed E-state index contributed by atoms with van der Waals surface area (Å²) in [6, 6.07) is 0. The first-order valence-corrected chi connectivity index (χ1v) is 4.04. The molecule has 0 saturated carbocycles. The molecule has 1 aliphatic rings. The molecular weight excluding hydrogens is 120 g/mol. The molecule has 1 rings (SSSR count). The summed E-state index contributed by atoms with van der Waals surface area (Å²) in [5, 5.41) is 0. The molecule has 1 atom stereocenters. The van der Waals surface area contributed by atoms with E-state index in [1.165, 1.54) is 0 Å². The lowest BCUT2D eigenvalue weighted by atomic mass is 10.0. The lowest BCUT2D eigenvalue weighted by Gasteiger charge is -2.20. The van der Waals surface area contributed by atoms with Crippen molar-refractivity contribution in [2.75, 3.05) is 0 Å². The van der Waals surface area contributed by atoms with Crippen LogP contribution in [-0.2, 0) is 8.85 Å². The normalized spacial score (nSPS) is 38.6. The molecule has 48 valence electrons. The van der Waals surface area contributed by atoms with Crippen molar-refractivity contribution >= 4 is 10.0 Å². The number of rotatable bonds is 0. The molecule has 0 bridgehead atoms. The molecule has 8 heavy (non-hydrogen) atoms. The summed E-state index contributed by atoms with van der Waals surface area (Å²) in [6.45, 7) is 6.19. The molecule has 0 spiro atoms. The fourth-order valence-corrected chi connectivity index (χ4v) is 1.82. The maximum absolute atomic E-state index is 5.37. The molecule has 3 heteroatoms. The van der Waals surface area contributed by atoms with Crippen LogP contribution in [0.1, 0.15) is 20.8 Å². The summed E-state index contributed by atoms with van der Waals surface area (Å²) >= 11 is 0. The van der Waals surface area contributed by atoms with Gasteiger partial charge in [-0.3, -0.25) is 0 Å². The van der Waals surface area contributed by atoms with Gasteiger partial charge in [0.05, 0.1) is 11.7 Å². The minimum absolute atomic E-state index is 0.00772. The van der Waals surface area contributed by atoms with Crippen molar-refractivity contribution in [1.82, 2.24) is 0 Å². The maximum Gasteiger partial charge on any atom is 0.305 e. The van der Waals surface area contributed by atoms with E-state index in [-0.39, 0.29) is 5.60 Å². The first-order chi connectivity index (χ1) is 3.63. The Morgan fingerprint density at radius 1 is 1.50 bits per heavy atom. The first-order valence-electron chi connectivity index (χ1n) is 2.88. The zero-order valence-electron chi connectivity index (χ0n) is 5.60. The Morgan fingerprint density at radius 3 is 2.25 bits per heavy atom. The van der Waals surface area contributed by atoms with Gasteiger partial charge in [-0.1, -0.05) is 0 Å². The Labute approximate surface area is 52.2 Å². The van der Waals surface area contributed by atoms with E-state index in [9.17, 15) is 0 Å². The van der Waals surface area contributed by atoms with E-state index in [1.807, 2.05) is 0 Å². The molecule has 2 nitrogen and oxygen atoms in total. The molecule has 0 aromatic carbocycles. The quantitative estimate of drug-likeness (QED) is 0.438. The topological polar surface area (TPSA) is 18.5 Å². The van der Waals surface area contributed by atoms with E-state index in [0.717, 1.165) is 0 Å². The lowest BCUT2D eigenvalue weighted by molar-refractivity contribution is 0.0846. The van der Waals surface area contributed by atoms with Crippen LogP contribution in [0.3, 0.4) is 0 Å². The van der Waals surface area contributed by atoms with Gasteiger partial charge < -0.3 is 8.85 Å². The summed E-state index contributed by atoms with van der Waals surface area (Å²) < 4.78 is 10.7.